The first-order valence-electron chi connectivity index (χ1n) is 8.98. The fraction of sp³-hybridized carbons (Fsp3) is 0.700. The molecule has 0 aromatic heterocycles. The second-order valence-corrected chi connectivity index (χ2v) is 7.89. The zero-order chi connectivity index (χ0) is 14.7. The molecule has 116 valence electrons. The van der Waals surface area contributed by atoms with Gasteiger partial charge in [-0.3, -0.25) is 0 Å². The van der Waals surface area contributed by atoms with Crippen molar-refractivity contribution in [2.45, 2.75) is 77.3 Å². The van der Waals surface area contributed by atoms with Gasteiger partial charge in [0, 0.05) is 12.1 Å². The predicted octanol–water partition coefficient (Wildman–Crippen LogP) is 5.48. The third-order valence-corrected chi connectivity index (χ3v) is 5.92. The lowest BCUT2D eigenvalue weighted by Crippen LogP contribution is -2.42. The summed E-state index contributed by atoms with van der Waals surface area (Å²) in [5.74, 6) is 0.831. The molecule has 1 aromatic rings. The highest BCUT2D eigenvalue weighted by molar-refractivity contribution is 5.20. The Labute approximate surface area is 130 Å². The Kier molecular flexibility index (Phi) is 4.69. The first kappa shape index (κ1) is 15.1. The molecule has 0 bridgehead atoms. The van der Waals surface area contributed by atoms with Crippen LogP contribution in [0.25, 0.3) is 0 Å². The Bertz CT molecular complexity index is 430. The van der Waals surface area contributed by atoms with Crippen molar-refractivity contribution < 1.29 is 0 Å². The maximum atomic E-state index is 4.09. The standard InChI is InChI=1S/C20H31N/c1-20(2)15-9-14-18(20)21-19(16-10-5-3-6-11-16)17-12-7-4-8-13-17/h3,5-6,10-11,17-19,21H,4,7-9,12-15H2,1-2H3. The molecule has 2 fully saturated rings. The van der Waals surface area contributed by atoms with Gasteiger partial charge in [-0.2, -0.15) is 0 Å². The second kappa shape index (κ2) is 6.52. The van der Waals surface area contributed by atoms with Crippen molar-refractivity contribution in [3.8, 4) is 0 Å². The smallest absolute Gasteiger partial charge is 0.0351 e. The number of rotatable bonds is 4. The van der Waals surface area contributed by atoms with Gasteiger partial charge < -0.3 is 5.32 Å². The van der Waals surface area contributed by atoms with Crippen LogP contribution in [-0.2, 0) is 0 Å². The zero-order valence-electron chi connectivity index (χ0n) is 13.8. The minimum absolute atomic E-state index is 0.460. The molecule has 0 radical (unpaired) electrons. The van der Waals surface area contributed by atoms with E-state index in [2.05, 4.69) is 49.5 Å². The van der Waals surface area contributed by atoms with Gasteiger partial charge in [-0.15, -0.1) is 0 Å². The first-order chi connectivity index (χ1) is 10.2. The largest absolute Gasteiger partial charge is 0.306 e. The predicted molar refractivity (Wildman–Crippen MR) is 90.3 cm³/mol. The molecule has 0 saturated heterocycles. The molecule has 3 rings (SSSR count). The van der Waals surface area contributed by atoms with E-state index in [1.165, 1.54) is 56.9 Å². The zero-order valence-corrected chi connectivity index (χ0v) is 13.8. The van der Waals surface area contributed by atoms with Gasteiger partial charge in [-0.05, 0) is 42.6 Å². The van der Waals surface area contributed by atoms with E-state index in [0.717, 1.165) is 5.92 Å². The lowest BCUT2D eigenvalue weighted by Gasteiger charge is -2.37. The van der Waals surface area contributed by atoms with E-state index in [9.17, 15) is 0 Å². The van der Waals surface area contributed by atoms with Crippen LogP contribution in [0.4, 0.5) is 0 Å². The van der Waals surface area contributed by atoms with Crippen molar-refractivity contribution in [3.05, 3.63) is 35.9 Å². The molecule has 2 aliphatic carbocycles. The molecule has 0 amide bonds. The van der Waals surface area contributed by atoms with Crippen LogP contribution in [0.3, 0.4) is 0 Å². The normalized spacial score (nSPS) is 27.6. The minimum Gasteiger partial charge on any atom is -0.306 e. The van der Waals surface area contributed by atoms with E-state index in [1.54, 1.807) is 0 Å². The van der Waals surface area contributed by atoms with Gasteiger partial charge in [0.15, 0.2) is 0 Å². The summed E-state index contributed by atoms with van der Waals surface area (Å²) in [5.41, 5.74) is 1.97. The minimum atomic E-state index is 0.460. The van der Waals surface area contributed by atoms with Crippen LogP contribution < -0.4 is 5.32 Å². The highest BCUT2D eigenvalue weighted by atomic mass is 15.0. The highest BCUT2D eigenvalue weighted by Crippen LogP contribution is 2.41. The van der Waals surface area contributed by atoms with E-state index in [-0.39, 0.29) is 0 Å². The van der Waals surface area contributed by atoms with Crippen LogP contribution in [-0.4, -0.2) is 6.04 Å². The maximum Gasteiger partial charge on any atom is 0.0351 e. The van der Waals surface area contributed by atoms with Gasteiger partial charge in [-0.1, -0.05) is 69.9 Å². The summed E-state index contributed by atoms with van der Waals surface area (Å²) < 4.78 is 0. The Balaban J connectivity index is 1.78. The number of hydrogen-bond donors (Lipinski definition) is 1. The fourth-order valence-corrected chi connectivity index (χ4v) is 4.48. The maximum absolute atomic E-state index is 4.09. The third-order valence-electron chi connectivity index (χ3n) is 5.92. The monoisotopic (exact) mass is 285 g/mol. The molecule has 2 aliphatic rings. The van der Waals surface area contributed by atoms with E-state index in [4.69, 9.17) is 0 Å². The molecule has 2 atom stereocenters. The van der Waals surface area contributed by atoms with Crippen LogP contribution >= 0.6 is 0 Å². The van der Waals surface area contributed by atoms with Crippen molar-refractivity contribution in [3.63, 3.8) is 0 Å². The summed E-state index contributed by atoms with van der Waals surface area (Å²) >= 11 is 0. The molecule has 21 heavy (non-hydrogen) atoms. The molecule has 1 nitrogen and oxygen atoms in total. The average Bonchev–Trinajstić information content (AvgIpc) is 2.85. The van der Waals surface area contributed by atoms with Crippen molar-refractivity contribution in [2.75, 3.05) is 0 Å². The van der Waals surface area contributed by atoms with Crippen LogP contribution in [0, 0.1) is 11.3 Å². The Morgan fingerprint density at radius 3 is 2.29 bits per heavy atom. The lowest BCUT2D eigenvalue weighted by molar-refractivity contribution is 0.203. The van der Waals surface area contributed by atoms with Gasteiger partial charge in [0.05, 0.1) is 0 Å². The Morgan fingerprint density at radius 2 is 1.67 bits per heavy atom. The Hall–Kier alpha value is -0.820. The third kappa shape index (κ3) is 3.51. The highest BCUT2D eigenvalue weighted by Gasteiger charge is 2.37. The van der Waals surface area contributed by atoms with Gasteiger partial charge in [0.2, 0.25) is 0 Å². The van der Waals surface area contributed by atoms with Crippen LogP contribution in [0.1, 0.15) is 76.8 Å². The molecular weight excluding hydrogens is 254 g/mol. The van der Waals surface area contributed by atoms with E-state index in [1.807, 2.05) is 0 Å². The topological polar surface area (TPSA) is 12.0 Å². The number of benzene rings is 1. The van der Waals surface area contributed by atoms with Gasteiger partial charge in [0.1, 0.15) is 0 Å². The summed E-state index contributed by atoms with van der Waals surface area (Å²) in [6.07, 6.45) is 11.2. The van der Waals surface area contributed by atoms with Crippen molar-refractivity contribution in [1.29, 1.82) is 0 Å². The van der Waals surface area contributed by atoms with Gasteiger partial charge >= 0.3 is 0 Å². The van der Waals surface area contributed by atoms with Crippen LogP contribution in [0.2, 0.25) is 0 Å². The fourth-order valence-electron chi connectivity index (χ4n) is 4.48. The van der Waals surface area contributed by atoms with Gasteiger partial charge in [-0.25, -0.2) is 0 Å². The van der Waals surface area contributed by atoms with E-state index < -0.39 is 0 Å². The van der Waals surface area contributed by atoms with E-state index >= 15 is 0 Å². The molecule has 1 heteroatoms. The summed E-state index contributed by atoms with van der Waals surface area (Å²) in [7, 11) is 0. The quantitative estimate of drug-likeness (QED) is 0.772. The Morgan fingerprint density at radius 1 is 0.952 bits per heavy atom. The number of hydrogen-bond acceptors (Lipinski definition) is 1. The molecule has 0 spiro atoms. The first-order valence-corrected chi connectivity index (χ1v) is 8.98. The molecule has 1 N–H and O–H groups in total. The summed E-state index contributed by atoms with van der Waals surface area (Å²) in [5, 5.41) is 4.09. The molecule has 1 aromatic carbocycles. The summed E-state index contributed by atoms with van der Waals surface area (Å²) in [4.78, 5) is 0. The average molecular weight is 285 g/mol. The molecule has 2 saturated carbocycles. The molecule has 2 unspecified atom stereocenters. The molecule has 0 heterocycles. The summed E-state index contributed by atoms with van der Waals surface area (Å²) in [6.45, 7) is 4.89. The van der Waals surface area contributed by atoms with E-state index in [0.29, 0.717) is 17.5 Å². The second-order valence-electron chi connectivity index (χ2n) is 7.89. The van der Waals surface area contributed by atoms with Gasteiger partial charge in [0.25, 0.3) is 0 Å². The summed E-state index contributed by atoms with van der Waals surface area (Å²) in [6, 6.07) is 12.4. The van der Waals surface area contributed by atoms with Crippen LogP contribution in [0.15, 0.2) is 30.3 Å². The SMILES string of the molecule is CC1(C)CCCC1NC(c1ccccc1)C1CCCCC1. The van der Waals surface area contributed by atoms with Crippen molar-refractivity contribution >= 4 is 0 Å². The molecular formula is C20H31N. The van der Waals surface area contributed by atoms with Crippen LogP contribution in [0.5, 0.6) is 0 Å². The molecule has 0 aliphatic heterocycles. The van der Waals surface area contributed by atoms with Crippen molar-refractivity contribution in [2.24, 2.45) is 11.3 Å². The lowest BCUT2D eigenvalue weighted by atomic mass is 9.79. The number of nitrogens with one attached hydrogen (secondary N) is 1. The van der Waals surface area contributed by atoms with Crippen molar-refractivity contribution in [1.82, 2.24) is 5.32 Å².